The summed E-state index contributed by atoms with van der Waals surface area (Å²) in [5.74, 6) is 0.838. The number of nitrogens with zero attached hydrogens (tertiary/aromatic N) is 2. The van der Waals surface area contributed by atoms with Crippen LogP contribution in [0.2, 0.25) is 0 Å². The number of rotatable bonds is 7. The quantitative estimate of drug-likeness (QED) is 0.410. The Morgan fingerprint density at radius 2 is 1.93 bits per heavy atom. The van der Waals surface area contributed by atoms with Gasteiger partial charge in [-0.3, -0.25) is 9.36 Å². The van der Waals surface area contributed by atoms with Crippen LogP contribution in [0.5, 0.6) is 5.75 Å². The van der Waals surface area contributed by atoms with Crippen molar-refractivity contribution in [2.45, 2.75) is 20.4 Å². The van der Waals surface area contributed by atoms with E-state index in [1.807, 2.05) is 36.6 Å². The molecule has 0 aliphatic rings. The highest BCUT2D eigenvalue weighted by atomic mass is 32.1. The van der Waals surface area contributed by atoms with Crippen LogP contribution in [0.4, 0.5) is 0 Å². The largest absolute Gasteiger partial charge is 0.494 e. The normalized spacial score (nSPS) is 11.0. The maximum atomic E-state index is 13.2. The monoisotopic (exact) mass is 424 g/mol. The maximum absolute atomic E-state index is 13.2. The number of furan rings is 1. The van der Waals surface area contributed by atoms with E-state index in [1.165, 1.54) is 22.2 Å². The Balaban J connectivity index is 1.66. The fraction of sp³-hybridized carbons (Fsp3) is 0.227. The second-order valence-corrected chi connectivity index (χ2v) is 7.31. The van der Waals surface area contributed by atoms with Crippen molar-refractivity contribution in [3.8, 4) is 16.9 Å². The zero-order chi connectivity index (χ0) is 21.1. The summed E-state index contributed by atoms with van der Waals surface area (Å²) in [5, 5.41) is 2.49. The molecule has 0 spiro atoms. The van der Waals surface area contributed by atoms with Gasteiger partial charge in [-0.05, 0) is 43.7 Å². The van der Waals surface area contributed by atoms with Gasteiger partial charge in [0.25, 0.3) is 5.56 Å². The molecule has 0 atom stereocenters. The number of fused-ring (bicyclic) bond motifs is 1. The zero-order valence-corrected chi connectivity index (χ0v) is 17.4. The van der Waals surface area contributed by atoms with Crippen molar-refractivity contribution >= 4 is 27.5 Å². The highest BCUT2D eigenvalue weighted by molar-refractivity contribution is 7.17. The van der Waals surface area contributed by atoms with Gasteiger partial charge < -0.3 is 13.9 Å². The third-order valence-corrected chi connectivity index (χ3v) is 5.39. The van der Waals surface area contributed by atoms with E-state index in [2.05, 4.69) is 4.98 Å². The zero-order valence-electron chi connectivity index (χ0n) is 16.6. The molecule has 0 saturated carbocycles. The summed E-state index contributed by atoms with van der Waals surface area (Å²) >= 11 is 1.43. The molecule has 0 saturated heterocycles. The van der Waals surface area contributed by atoms with Crippen LogP contribution in [0.3, 0.4) is 0 Å². The van der Waals surface area contributed by atoms with Crippen molar-refractivity contribution < 1.29 is 18.7 Å². The van der Waals surface area contributed by atoms with Crippen LogP contribution in [0, 0.1) is 0 Å². The van der Waals surface area contributed by atoms with Crippen LogP contribution in [0.15, 0.2) is 57.3 Å². The van der Waals surface area contributed by atoms with Crippen LogP contribution in [0.25, 0.3) is 21.3 Å². The Labute approximate surface area is 176 Å². The lowest BCUT2D eigenvalue weighted by molar-refractivity contribution is 0.0488. The topological polar surface area (TPSA) is 83.6 Å². The Bertz CT molecular complexity index is 1240. The number of carbonyl (C=O) groups excluding carboxylic acids is 1. The first-order valence-electron chi connectivity index (χ1n) is 9.56. The van der Waals surface area contributed by atoms with Gasteiger partial charge in [0.15, 0.2) is 0 Å². The molecular weight excluding hydrogens is 404 g/mol. The van der Waals surface area contributed by atoms with Gasteiger partial charge in [-0.25, -0.2) is 9.78 Å². The fourth-order valence-corrected chi connectivity index (χ4v) is 4.04. The Kier molecular flexibility index (Phi) is 5.67. The van der Waals surface area contributed by atoms with Crippen LogP contribution < -0.4 is 10.3 Å². The average molecular weight is 424 g/mol. The molecule has 4 rings (SSSR count). The molecule has 0 fully saturated rings. The third-order valence-electron chi connectivity index (χ3n) is 4.50. The van der Waals surface area contributed by atoms with Crippen LogP contribution in [0.1, 0.15) is 30.2 Å². The smallest absolute Gasteiger partial charge is 0.374 e. The van der Waals surface area contributed by atoms with Crippen molar-refractivity contribution in [2.24, 2.45) is 0 Å². The summed E-state index contributed by atoms with van der Waals surface area (Å²) in [6.07, 6.45) is 1.50. The molecule has 154 valence electrons. The molecule has 0 amide bonds. The lowest BCUT2D eigenvalue weighted by Crippen LogP contribution is -2.20. The molecule has 0 unspecified atom stereocenters. The predicted molar refractivity (Wildman–Crippen MR) is 114 cm³/mol. The van der Waals surface area contributed by atoms with E-state index >= 15 is 0 Å². The van der Waals surface area contributed by atoms with Gasteiger partial charge in [0, 0.05) is 10.9 Å². The molecular formula is C22H20N2O5S. The number of benzene rings is 1. The molecule has 3 aromatic heterocycles. The summed E-state index contributed by atoms with van der Waals surface area (Å²) in [6.45, 7) is 4.69. The lowest BCUT2D eigenvalue weighted by atomic mass is 10.1. The van der Waals surface area contributed by atoms with E-state index in [0.29, 0.717) is 22.6 Å². The predicted octanol–water partition coefficient (Wildman–Crippen LogP) is 4.34. The van der Waals surface area contributed by atoms with Gasteiger partial charge in [-0.1, -0.05) is 12.1 Å². The number of aromatic nitrogens is 2. The van der Waals surface area contributed by atoms with Crippen molar-refractivity contribution in [1.82, 2.24) is 9.55 Å². The van der Waals surface area contributed by atoms with Gasteiger partial charge in [-0.15, -0.1) is 11.3 Å². The summed E-state index contributed by atoms with van der Waals surface area (Å²) in [4.78, 5) is 30.1. The van der Waals surface area contributed by atoms with Gasteiger partial charge in [0.05, 0.1) is 31.5 Å². The van der Waals surface area contributed by atoms with Crippen LogP contribution >= 0.6 is 11.3 Å². The highest BCUT2D eigenvalue weighted by Gasteiger charge is 2.16. The van der Waals surface area contributed by atoms with E-state index in [-0.39, 0.29) is 24.5 Å². The third kappa shape index (κ3) is 3.86. The minimum absolute atomic E-state index is 0.111. The molecule has 0 radical (unpaired) electrons. The maximum Gasteiger partial charge on any atom is 0.374 e. The first-order valence-corrected chi connectivity index (χ1v) is 10.4. The molecule has 3 heterocycles. The highest BCUT2D eigenvalue weighted by Crippen LogP contribution is 2.31. The van der Waals surface area contributed by atoms with Gasteiger partial charge in [0.1, 0.15) is 16.3 Å². The van der Waals surface area contributed by atoms with E-state index in [1.54, 1.807) is 19.1 Å². The molecule has 1 aromatic carbocycles. The molecule has 0 aliphatic heterocycles. The number of hydrogen-bond acceptors (Lipinski definition) is 7. The Morgan fingerprint density at radius 1 is 1.13 bits per heavy atom. The molecule has 0 bridgehead atoms. The summed E-state index contributed by atoms with van der Waals surface area (Å²) < 4.78 is 17.4. The van der Waals surface area contributed by atoms with E-state index < -0.39 is 5.97 Å². The molecule has 30 heavy (non-hydrogen) atoms. The molecule has 7 nitrogen and oxygen atoms in total. The molecule has 0 aliphatic carbocycles. The lowest BCUT2D eigenvalue weighted by Gasteiger charge is -2.06. The van der Waals surface area contributed by atoms with Gasteiger partial charge in [-0.2, -0.15) is 0 Å². The number of ether oxygens (including phenoxy) is 2. The second-order valence-electron chi connectivity index (χ2n) is 6.45. The Hall–Kier alpha value is -3.39. The van der Waals surface area contributed by atoms with Crippen LogP contribution in [-0.4, -0.2) is 28.7 Å². The number of thiophene rings is 1. The Morgan fingerprint density at radius 3 is 2.67 bits per heavy atom. The first kappa shape index (κ1) is 19.9. The average Bonchev–Trinajstić information content (AvgIpc) is 3.39. The van der Waals surface area contributed by atoms with Crippen LogP contribution in [-0.2, 0) is 11.3 Å². The van der Waals surface area contributed by atoms with Crippen molar-refractivity contribution in [3.63, 3.8) is 0 Å². The molecule has 8 heteroatoms. The summed E-state index contributed by atoms with van der Waals surface area (Å²) in [6, 6.07) is 10.8. The fourth-order valence-electron chi connectivity index (χ4n) is 3.13. The minimum Gasteiger partial charge on any atom is -0.494 e. The second kappa shape index (κ2) is 8.54. The van der Waals surface area contributed by atoms with Crippen molar-refractivity contribution in [1.29, 1.82) is 0 Å². The van der Waals surface area contributed by atoms with E-state index in [9.17, 15) is 9.59 Å². The standard InChI is InChI=1S/C22H20N2O5S/c1-3-27-15-7-5-14(6-8-15)17-12-30-20-19(17)21(25)24(13-23-20)11-16-9-10-18(29-16)22(26)28-4-2/h5-10,12-13H,3-4,11H2,1-2H3. The van der Waals surface area contributed by atoms with Gasteiger partial charge >= 0.3 is 5.97 Å². The number of hydrogen-bond donors (Lipinski definition) is 0. The molecule has 0 N–H and O–H groups in total. The summed E-state index contributed by atoms with van der Waals surface area (Å²) in [7, 11) is 0. The molecule has 4 aromatic rings. The van der Waals surface area contributed by atoms with Crippen molar-refractivity contribution in [3.05, 3.63) is 70.0 Å². The number of carbonyl (C=O) groups is 1. The first-order chi connectivity index (χ1) is 14.6. The van der Waals surface area contributed by atoms with Crippen molar-refractivity contribution in [2.75, 3.05) is 13.2 Å². The number of esters is 1. The minimum atomic E-state index is -0.528. The van der Waals surface area contributed by atoms with Gasteiger partial charge in [0.2, 0.25) is 5.76 Å². The van der Waals surface area contributed by atoms with E-state index in [0.717, 1.165) is 16.9 Å². The summed E-state index contributed by atoms with van der Waals surface area (Å²) in [5.41, 5.74) is 1.58. The SMILES string of the molecule is CCOC(=O)c1ccc(Cn2cnc3scc(-c4ccc(OCC)cc4)c3c2=O)o1. The van der Waals surface area contributed by atoms with E-state index in [4.69, 9.17) is 13.9 Å².